The first-order valence-electron chi connectivity index (χ1n) is 8.56. The first-order chi connectivity index (χ1) is 12.9. The SMILES string of the molecule is C=CC(=O)Nc1cccc(-c2ccc(C(N)=O)c3[nH]c(C)c(C)c23)c1CN. The fourth-order valence-corrected chi connectivity index (χ4v) is 3.38. The molecule has 1 heterocycles. The van der Waals surface area contributed by atoms with E-state index in [1.165, 1.54) is 6.08 Å². The maximum absolute atomic E-state index is 11.8. The molecule has 0 unspecified atom stereocenters. The number of aryl methyl sites for hydroxylation is 2. The van der Waals surface area contributed by atoms with Crippen LogP contribution >= 0.6 is 0 Å². The van der Waals surface area contributed by atoms with Crippen LogP contribution in [0.25, 0.3) is 22.0 Å². The normalized spacial score (nSPS) is 10.8. The number of hydrogen-bond donors (Lipinski definition) is 4. The molecule has 6 heteroatoms. The van der Waals surface area contributed by atoms with Crippen molar-refractivity contribution in [2.24, 2.45) is 11.5 Å². The van der Waals surface area contributed by atoms with Crippen LogP contribution in [0.2, 0.25) is 0 Å². The van der Waals surface area contributed by atoms with E-state index >= 15 is 0 Å². The van der Waals surface area contributed by atoms with Gasteiger partial charge in [0.2, 0.25) is 5.91 Å². The van der Waals surface area contributed by atoms with Crippen molar-refractivity contribution in [1.29, 1.82) is 0 Å². The van der Waals surface area contributed by atoms with Gasteiger partial charge in [-0.15, -0.1) is 0 Å². The smallest absolute Gasteiger partial charge is 0.250 e. The highest BCUT2D eigenvalue weighted by Gasteiger charge is 2.19. The standard InChI is InChI=1S/C21H22N4O2/c1-4-18(26)25-17-7-5-6-13(16(17)10-22)14-8-9-15(21(23)27)20-19(14)11(2)12(3)24-20/h4-9,24H,1,10,22H2,2-3H3,(H2,23,27)(H,25,26). The number of rotatable bonds is 5. The number of primary amides is 1. The van der Waals surface area contributed by atoms with E-state index in [9.17, 15) is 9.59 Å². The number of anilines is 1. The molecule has 1 aromatic heterocycles. The third-order valence-electron chi connectivity index (χ3n) is 4.83. The summed E-state index contributed by atoms with van der Waals surface area (Å²) in [5, 5.41) is 3.72. The van der Waals surface area contributed by atoms with Crippen LogP contribution < -0.4 is 16.8 Å². The van der Waals surface area contributed by atoms with E-state index < -0.39 is 5.91 Å². The molecule has 3 aromatic rings. The molecule has 6 N–H and O–H groups in total. The quantitative estimate of drug-likeness (QED) is 0.523. The molecule has 2 aromatic carbocycles. The average molecular weight is 362 g/mol. The van der Waals surface area contributed by atoms with Crippen LogP contribution in [0, 0.1) is 13.8 Å². The van der Waals surface area contributed by atoms with Gasteiger partial charge < -0.3 is 21.8 Å². The van der Waals surface area contributed by atoms with Gasteiger partial charge in [0, 0.05) is 23.3 Å². The second kappa shape index (κ2) is 7.09. The molecule has 0 fully saturated rings. The monoisotopic (exact) mass is 362 g/mol. The summed E-state index contributed by atoms with van der Waals surface area (Å²) >= 11 is 0. The van der Waals surface area contributed by atoms with E-state index in [1.807, 2.05) is 32.0 Å². The largest absolute Gasteiger partial charge is 0.366 e. The number of aromatic nitrogens is 1. The Labute approximate surface area is 157 Å². The number of fused-ring (bicyclic) bond motifs is 1. The number of carbonyl (C=O) groups is 2. The van der Waals surface area contributed by atoms with Crippen molar-refractivity contribution >= 4 is 28.4 Å². The lowest BCUT2D eigenvalue weighted by atomic mass is 9.92. The van der Waals surface area contributed by atoms with Crippen LogP contribution in [0.3, 0.4) is 0 Å². The molecule has 0 aliphatic carbocycles. The minimum atomic E-state index is -0.487. The molecule has 0 spiro atoms. The predicted octanol–water partition coefficient (Wildman–Crippen LogP) is 3.13. The Morgan fingerprint density at radius 1 is 1.19 bits per heavy atom. The molecular weight excluding hydrogens is 340 g/mol. The molecule has 2 amide bonds. The fraction of sp³-hybridized carbons (Fsp3) is 0.143. The first kappa shape index (κ1) is 18.4. The minimum absolute atomic E-state index is 0.241. The van der Waals surface area contributed by atoms with Gasteiger partial charge in [-0.25, -0.2) is 0 Å². The van der Waals surface area contributed by atoms with Crippen molar-refractivity contribution in [2.75, 3.05) is 5.32 Å². The van der Waals surface area contributed by atoms with Gasteiger partial charge in [-0.2, -0.15) is 0 Å². The second-order valence-electron chi connectivity index (χ2n) is 6.38. The Morgan fingerprint density at radius 3 is 2.56 bits per heavy atom. The van der Waals surface area contributed by atoms with Gasteiger partial charge in [-0.3, -0.25) is 9.59 Å². The van der Waals surface area contributed by atoms with Crippen molar-refractivity contribution in [3.8, 4) is 11.1 Å². The number of nitrogens with one attached hydrogen (secondary N) is 2. The number of amides is 2. The number of aromatic amines is 1. The molecule has 27 heavy (non-hydrogen) atoms. The third-order valence-corrected chi connectivity index (χ3v) is 4.83. The Kier molecular flexibility index (Phi) is 4.83. The Balaban J connectivity index is 2.32. The van der Waals surface area contributed by atoms with E-state index in [-0.39, 0.29) is 12.5 Å². The van der Waals surface area contributed by atoms with Gasteiger partial charge in [-0.1, -0.05) is 24.8 Å². The molecule has 6 nitrogen and oxygen atoms in total. The zero-order chi connectivity index (χ0) is 19.7. The summed E-state index contributed by atoms with van der Waals surface area (Å²) in [4.78, 5) is 26.9. The van der Waals surface area contributed by atoms with E-state index in [0.717, 1.165) is 33.3 Å². The Hall–Kier alpha value is -3.38. The van der Waals surface area contributed by atoms with Crippen molar-refractivity contribution < 1.29 is 9.59 Å². The number of benzene rings is 2. The molecule has 0 aliphatic rings. The molecule has 138 valence electrons. The Bertz CT molecular complexity index is 1080. The van der Waals surface area contributed by atoms with Crippen molar-refractivity contribution in [3.05, 3.63) is 65.4 Å². The zero-order valence-corrected chi connectivity index (χ0v) is 15.3. The van der Waals surface area contributed by atoms with Gasteiger partial charge in [-0.05, 0) is 54.3 Å². The number of hydrogen-bond acceptors (Lipinski definition) is 3. The maximum atomic E-state index is 11.8. The molecular formula is C21H22N4O2. The third kappa shape index (κ3) is 3.11. The second-order valence-corrected chi connectivity index (χ2v) is 6.38. The number of nitrogens with two attached hydrogens (primary N) is 2. The highest BCUT2D eigenvalue weighted by atomic mass is 16.1. The van der Waals surface area contributed by atoms with E-state index in [0.29, 0.717) is 16.8 Å². The predicted molar refractivity (Wildman–Crippen MR) is 108 cm³/mol. The van der Waals surface area contributed by atoms with E-state index in [1.54, 1.807) is 12.1 Å². The van der Waals surface area contributed by atoms with Gasteiger partial charge in [0.1, 0.15) is 0 Å². The summed E-state index contributed by atoms with van der Waals surface area (Å²) in [5.74, 6) is -0.788. The lowest BCUT2D eigenvalue weighted by Gasteiger charge is -2.16. The van der Waals surface area contributed by atoms with Crippen LogP contribution in [-0.2, 0) is 11.3 Å². The highest BCUT2D eigenvalue weighted by molar-refractivity contribution is 6.11. The minimum Gasteiger partial charge on any atom is -0.366 e. The number of H-pyrrole nitrogens is 1. The van der Waals surface area contributed by atoms with Crippen LogP contribution in [0.5, 0.6) is 0 Å². The van der Waals surface area contributed by atoms with Gasteiger partial charge in [0.15, 0.2) is 0 Å². The fourth-order valence-electron chi connectivity index (χ4n) is 3.38. The molecule has 0 atom stereocenters. The summed E-state index contributed by atoms with van der Waals surface area (Å²) in [6.45, 7) is 7.67. The first-order valence-corrected chi connectivity index (χ1v) is 8.56. The van der Waals surface area contributed by atoms with Crippen LogP contribution in [0.15, 0.2) is 43.0 Å². The van der Waals surface area contributed by atoms with Crippen molar-refractivity contribution in [2.45, 2.75) is 20.4 Å². The van der Waals surface area contributed by atoms with Crippen LogP contribution in [0.4, 0.5) is 5.69 Å². The topological polar surface area (TPSA) is 114 Å². The Morgan fingerprint density at radius 2 is 1.93 bits per heavy atom. The lowest BCUT2D eigenvalue weighted by molar-refractivity contribution is -0.111. The summed E-state index contributed by atoms with van der Waals surface area (Å²) < 4.78 is 0. The molecule has 0 bridgehead atoms. The van der Waals surface area contributed by atoms with Crippen LogP contribution in [0.1, 0.15) is 27.2 Å². The van der Waals surface area contributed by atoms with E-state index in [4.69, 9.17) is 11.5 Å². The summed E-state index contributed by atoms with van der Waals surface area (Å²) in [7, 11) is 0. The average Bonchev–Trinajstić information content (AvgIpc) is 2.95. The molecule has 0 saturated heterocycles. The summed E-state index contributed by atoms with van der Waals surface area (Å²) in [5.41, 5.74) is 18.0. The van der Waals surface area contributed by atoms with Gasteiger partial charge in [0.25, 0.3) is 5.91 Å². The molecule has 0 saturated carbocycles. The van der Waals surface area contributed by atoms with Gasteiger partial charge >= 0.3 is 0 Å². The van der Waals surface area contributed by atoms with Crippen LogP contribution in [-0.4, -0.2) is 16.8 Å². The molecule has 3 rings (SSSR count). The molecule has 0 radical (unpaired) electrons. The van der Waals surface area contributed by atoms with Gasteiger partial charge in [0.05, 0.1) is 11.1 Å². The highest BCUT2D eigenvalue weighted by Crippen LogP contribution is 2.37. The van der Waals surface area contributed by atoms with E-state index in [2.05, 4.69) is 16.9 Å². The van der Waals surface area contributed by atoms with Crippen molar-refractivity contribution in [3.63, 3.8) is 0 Å². The molecule has 0 aliphatic heterocycles. The van der Waals surface area contributed by atoms with Crippen molar-refractivity contribution in [1.82, 2.24) is 4.98 Å². The lowest BCUT2D eigenvalue weighted by Crippen LogP contribution is -2.13. The maximum Gasteiger partial charge on any atom is 0.250 e. The number of carbonyl (C=O) groups excluding carboxylic acids is 2. The summed E-state index contributed by atoms with van der Waals surface area (Å²) in [6.07, 6.45) is 1.21. The summed E-state index contributed by atoms with van der Waals surface area (Å²) in [6, 6.07) is 9.19. The zero-order valence-electron chi connectivity index (χ0n) is 15.3.